The molecular formula is C14H22BrNOS. The number of hydrogen-bond donors (Lipinski definition) is 1. The Morgan fingerprint density at radius 2 is 2.17 bits per heavy atom. The zero-order chi connectivity index (χ0) is 13.5. The number of halogens is 1. The average molecular weight is 332 g/mol. The number of rotatable bonds is 7. The van der Waals surface area contributed by atoms with Gasteiger partial charge in [0.1, 0.15) is 5.75 Å². The highest BCUT2D eigenvalue weighted by Crippen LogP contribution is 2.28. The van der Waals surface area contributed by atoms with Gasteiger partial charge >= 0.3 is 0 Å². The summed E-state index contributed by atoms with van der Waals surface area (Å²) in [7, 11) is 1.69. The van der Waals surface area contributed by atoms with E-state index in [9.17, 15) is 0 Å². The van der Waals surface area contributed by atoms with Gasteiger partial charge in [-0.15, -0.1) is 0 Å². The van der Waals surface area contributed by atoms with Crippen molar-refractivity contribution in [1.82, 2.24) is 5.32 Å². The van der Waals surface area contributed by atoms with Crippen LogP contribution < -0.4 is 10.1 Å². The van der Waals surface area contributed by atoms with Gasteiger partial charge in [0.25, 0.3) is 0 Å². The van der Waals surface area contributed by atoms with E-state index in [4.69, 9.17) is 4.74 Å². The van der Waals surface area contributed by atoms with Crippen LogP contribution in [-0.4, -0.2) is 25.2 Å². The molecule has 4 heteroatoms. The lowest BCUT2D eigenvalue weighted by atomic mass is 10.1. The summed E-state index contributed by atoms with van der Waals surface area (Å²) in [5.74, 6) is 2.03. The van der Waals surface area contributed by atoms with E-state index in [1.54, 1.807) is 7.11 Å². The van der Waals surface area contributed by atoms with Crippen LogP contribution in [0.25, 0.3) is 0 Å². The molecule has 0 radical (unpaired) electrons. The molecule has 0 aliphatic heterocycles. The van der Waals surface area contributed by atoms with Crippen LogP contribution in [0.2, 0.25) is 0 Å². The van der Waals surface area contributed by atoms with Gasteiger partial charge < -0.3 is 10.1 Å². The van der Waals surface area contributed by atoms with Gasteiger partial charge in [0, 0.05) is 17.8 Å². The Labute approximate surface area is 123 Å². The first-order chi connectivity index (χ1) is 8.62. The quantitative estimate of drug-likeness (QED) is 0.806. The SMILES string of the molecule is CCC(CSC)NC(C)c1ccc(OC)c(Br)c1. The number of hydrogen-bond acceptors (Lipinski definition) is 3. The van der Waals surface area contributed by atoms with Crippen LogP contribution in [0.5, 0.6) is 5.75 Å². The van der Waals surface area contributed by atoms with Gasteiger partial charge in [0.2, 0.25) is 0 Å². The maximum absolute atomic E-state index is 5.25. The maximum Gasteiger partial charge on any atom is 0.133 e. The minimum atomic E-state index is 0.351. The Morgan fingerprint density at radius 1 is 1.44 bits per heavy atom. The molecule has 0 aliphatic carbocycles. The van der Waals surface area contributed by atoms with Crippen LogP contribution in [0.1, 0.15) is 31.9 Å². The third kappa shape index (κ3) is 4.48. The second-order valence-corrected chi connectivity index (χ2v) is 6.11. The van der Waals surface area contributed by atoms with Crippen LogP contribution >= 0.6 is 27.7 Å². The molecule has 0 aromatic heterocycles. The molecule has 18 heavy (non-hydrogen) atoms. The highest BCUT2D eigenvalue weighted by Gasteiger charge is 2.12. The summed E-state index contributed by atoms with van der Waals surface area (Å²) in [4.78, 5) is 0. The molecule has 1 rings (SSSR count). The van der Waals surface area contributed by atoms with Crippen LogP contribution in [-0.2, 0) is 0 Å². The number of thioether (sulfide) groups is 1. The van der Waals surface area contributed by atoms with Gasteiger partial charge in [-0.2, -0.15) is 11.8 Å². The fraction of sp³-hybridized carbons (Fsp3) is 0.571. The smallest absolute Gasteiger partial charge is 0.133 e. The molecule has 0 bridgehead atoms. The zero-order valence-electron chi connectivity index (χ0n) is 11.5. The van der Waals surface area contributed by atoms with Gasteiger partial charge in [-0.1, -0.05) is 13.0 Å². The maximum atomic E-state index is 5.25. The molecule has 1 aromatic rings. The third-order valence-corrected chi connectivity index (χ3v) is 4.38. The highest BCUT2D eigenvalue weighted by molar-refractivity contribution is 9.10. The topological polar surface area (TPSA) is 21.3 Å². The summed E-state index contributed by atoms with van der Waals surface area (Å²) in [6.07, 6.45) is 3.31. The van der Waals surface area contributed by atoms with Crippen molar-refractivity contribution in [3.05, 3.63) is 28.2 Å². The molecule has 2 nitrogen and oxygen atoms in total. The molecule has 0 fully saturated rings. The van der Waals surface area contributed by atoms with Crippen molar-refractivity contribution in [2.45, 2.75) is 32.4 Å². The summed E-state index contributed by atoms with van der Waals surface area (Å²) in [5.41, 5.74) is 1.28. The molecule has 2 atom stereocenters. The summed E-state index contributed by atoms with van der Waals surface area (Å²) >= 11 is 5.42. The molecule has 0 saturated carbocycles. The van der Waals surface area contributed by atoms with E-state index in [1.807, 2.05) is 17.8 Å². The van der Waals surface area contributed by atoms with E-state index < -0.39 is 0 Å². The fourth-order valence-electron chi connectivity index (χ4n) is 1.89. The van der Waals surface area contributed by atoms with Crippen LogP contribution in [0.15, 0.2) is 22.7 Å². The second-order valence-electron chi connectivity index (χ2n) is 4.34. The van der Waals surface area contributed by atoms with E-state index in [-0.39, 0.29) is 0 Å². The van der Waals surface area contributed by atoms with E-state index in [0.29, 0.717) is 12.1 Å². The van der Waals surface area contributed by atoms with Crippen LogP contribution in [0.3, 0.4) is 0 Å². The van der Waals surface area contributed by atoms with Crippen molar-refractivity contribution in [3.8, 4) is 5.75 Å². The Morgan fingerprint density at radius 3 is 2.67 bits per heavy atom. The lowest BCUT2D eigenvalue weighted by Gasteiger charge is -2.22. The molecule has 0 amide bonds. The van der Waals surface area contributed by atoms with Gasteiger partial charge in [-0.05, 0) is 53.2 Å². The standard InChI is InChI=1S/C14H22BrNOS/c1-5-12(9-18-4)16-10(2)11-6-7-14(17-3)13(15)8-11/h6-8,10,12,16H,5,9H2,1-4H3. The first-order valence-corrected chi connectivity index (χ1v) is 8.39. The van der Waals surface area contributed by atoms with E-state index >= 15 is 0 Å². The van der Waals surface area contributed by atoms with Crippen molar-refractivity contribution >= 4 is 27.7 Å². The predicted molar refractivity (Wildman–Crippen MR) is 84.7 cm³/mol. The lowest BCUT2D eigenvalue weighted by molar-refractivity contribution is 0.411. The first kappa shape index (κ1) is 15.9. The van der Waals surface area contributed by atoms with Gasteiger partial charge in [0.05, 0.1) is 11.6 Å². The summed E-state index contributed by atoms with van der Waals surface area (Å²) in [5, 5.41) is 3.67. The van der Waals surface area contributed by atoms with Crippen molar-refractivity contribution in [2.75, 3.05) is 19.1 Å². The van der Waals surface area contributed by atoms with E-state index in [1.165, 1.54) is 5.56 Å². The largest absolute Gasteiger partial charge is 0.496 e. The zero-order valence-corrected chi connectivity index (χ0v) is 13.9. The molecule has 0 aliphatic rings. The first-order valence-electron chi connectivity index (χ1n) is 6.20. The molecule has 0 spiro atoms. The Hall–Kier alpha value is -0.190. The van der Waals surface area contributed by atoms with Gasteiger partial charge in [-0.3, -0.25) is 0 Å². The Bertz CT molecular complexity index is 373. The molecular weight excluding hydrogens is 310 g/mol. The predicted octanol–water partition coefficient (Wildman–Crippen LogP) is 4.25. The summed E-state index contributed by atoms with van der Waals surface area (Å²) in [6.45, 7) is 4.43. The molecule has 1 aromatic carbocycles. The highest BCUT2D eigenvalue weighted by atomic mass is 79.9. The second kappa shape index (κ2) is 8.08. The number of ether oxygens (including phenoxy) is 1. The van der Waals surface area contributed by atoms with Crippen molar-refractivity contribution < 1.29 is 4.74 Å². The molecule has 0 saturated heterocycles. The van der Waals surface area contributed by atoms with Crippen molar-refractivity contribution in [2.24, 2.45) is 0 Å². The Balaban J connectivity index is 2.71. The summed E-state index contributed by atoms with van der Waals surface area (Å²) < 4.78 is 6.26. The lowest BCUT2D eigenvalue weighted by Crippen LogP contribution is -2.32. The van der Waals surface area contributed by atoms with Gasteiger partial charge in [0.15, 0.2) is 0 Å². The third-order valence-electron chi connectivity index (χ3n) is 3.02. The molecule has 102 valence electrons. The summed E-state index contributed by atoms with van der Waals surface area (Å²) in [6, 6.07) is 7.17. The van der Waals surface area contributed by atoms with Gasteiger partial charge in [-0.25, -0.2) is 0 Å². The van der Waals surface area contributed by atoms with E-state index in [2.05, 4.69) is 53.5 Å². The number of benzene rings is 1. The average Bonchev–Trinajstić information content (AvgIpc) is 2.37. The van der Waals surface area contributed by atoms with E-state index in [0.717, 1.165) is 22.4 Å². The fourth-order valence-corrected chi connectivity index (χ4v) is 3.18. The minimum absolute atomic E-state index is 0.351. The molecule has 0 heterocycles. The Kier molecular flexibility index (Phi) is 7.12. The molecule has 1 N–H and O–H groups in total. The molecule has 2 unspecified atom stereocenters. The van der Waals surface area contributed by atoms with Crippen LogP contribution in [0, 0.1) is 0 Å². The van der Waals surface area contributed by atoms with Crippen LogP contribution in [0.4, 0.5) is 0 Å². The van der Waals surface area contributed by atoms with Crippen molar-refractivity contribution in [1.29, 1.82) is 0 Å². The number of nitrogens with one attached hydrogen (secondary N) is 1. The van der Waals surface area contributed by atoms with Crippen molar-refractivity contribution in [3.63, 3.8) is 0 Å². The number of methoxy groups -OCH3 is 1. The monoisotopic (exact) mass is 331 g/mol. The normalized spacial score (nSPS) is 14.3. The minimum Gasteiger partial charge on any atom is -0.496 e.